The van der Waals surface area contributed by atoms with Crippen molar-refractivity contribution in [2.45, 2.75) is 32.9 Å². The van der Waals surface area contributed by atoms with E-state index < -0.39 is 0 Å². The minimum atomic E-state index is 0.136. The first-order valence-electron chi connectivity index (χ1n) is 6.63. The third kappa shape index (κ3) is 2.81. The van der Waals surface area contributed by atoms with Crippen LogP contribution in [0.1, 0.15) is 32.4 Å². The Balaban J connectivity index is 2.36. The standard InChI is InChI=1S/C14H21ClN2O2/c1-4-17(9(2)3)12(7-16)10-5-11(15)14-13(6-10)18-8-19-14/h5-6,9,12H,4,7-8,16H2,1-3H3. The SMILES string of the molecule is CCN(C(C)C)C(CN)c1cc(Cl)c2c(c1)OCO2. The van der Waals surface area contributed by atoms with Crippen LogP contribution in [0.5, 0.6) is 11.5 Å². The first kappa shape index (κ1) is 14.4. The molecule has 0 saturated heterocycles. The van der Waals surface area contributed by atoms with Crippen LogP contribution in [0.4, 0.5) is 0 Å². The molecule has 19 heavy (non-hydrogen) atoms. The van der Waals surface area contributed by atoms with Gasteiger partial charge in [0.15, 0.2) is 11.5 Å². The average molecular weight is 285 g/mol. The van der Waals surface area contributed by atoms with Gasteiger partial charge in [0, 0.05) is 18.6 Å². The second-order valence-electron chi connectivity index (χ2n) is 4.91. The third-order valence-corrected chi connectivity index (χ3v) is 3.77. The van der Waals surface area contributed by atoms with Gasteiger partial charge in [0.25, 0.3) is 0 Å². The Kier molecular flexibility index (Phi) is 4.55. The summed E-state index contributed by atoms with van der Waals surface area (Å²) in [7, 11) is 0. The molecule has 1 unspecified atom stereocenters. The summed E-state index contributed by atoms with van der Waals surface area (Å²) < 4.78 is 10.8. The minimum absolute atomic E-state index is 0.136. The normalized spacial score (nSPS) is 15.3. The van der Waals surface area contributed by atoms with Crippen molar-refractivity contribution >= 4 is 11.6 Å². The summed E-state index contributed by atoms with van der Waals surface area (Å²) in [5.74, 6) is 1.34. The Morgan fingerprint density at radius 3 is 2.68 bits per heavy atom. The molecule has 0 amide bonds. The van der Waals surface area contributed by atoms with Gasteiger partial charge in [-0.05, 0) is 38.1 Å². The predicted molar refractivity (Wildman–Crippen MR) is 76.9 cm³/mol. The summed E-state index contributed by atoms with van der Waals surface area (Å²) in [6.45, 7) is 8.18. The number of hydrogen-bond donors (Lipinski definition) is 1. The van der Waals surface area contributed by atoms with Gasteiger partial charge in [-0.2, -0.15) is 0 Å². The molecular weight excluding hydrogens is 264 g/mol. The Hall–Kier alpha value is -0.970. The number of halogens is 1. The van der Waals surface area contributed by atoms with Crippen molar-refractivity contribution in [2.75, 3.05) is 19.9 Å². The van der Waals surface area contributed by atoms with Gasteiger partial charge in [-0.15, -0.1) is 0 Å². The number of benzene rings is 1. The number of ether oxygens (including phenoxy) is 2. The number of nitrogens with zero attached hydrogens (tertiary/aromatic N) is 1. The Bertz CT molecular complexity index is 451. The summed E-state index contributed by atoms with van der Waals surface area (Å²) in [5.41, 5.74) is 7.03. The number of rotatable bonds is 5. The first-order chi connectivity index (χ1) is 9.08. The van der Waals surface area contributed by atoms with Crippen LogP contribution in [-0.2, 0) is 0 Å². The Labute approximate surface area is 119 Å². The van der Waals surface area contributed by atoms with E-state index in [1.807, 2.05) is 12.1 Å². The third-order valence-electron chi connectivity index (χ3n) is 3.49. The van der Waals surface area contributed by atoms with Crippen molar-refractivity contribution in [3.05, 3.63) is 22.7 Å². The molecule has 106 valence electrons. The van der Waals surface area contributed by atoms with Crippen LogP contribution in [0.3, 0.4) is 0 Å². The highest BCUT2D eigenvalue weighted by atomic mass is 35.5. The lowest BCUT2D eigenvalue weighted by atomic mass is 10.0. The zero-order chi connectivity index (χ0) is 14.0. The zero-order valence-corrected chi connectivity index (χ0v) is 12.4. The van der Waals surface area contributed by atoms with E-state index in [0.29, 0.717) is 29.1 Å². The van der Waals surface area contributed by atoms with Crippen LogP contribution in [0.15, 0.2) is 12.1 Å². The maximum absolute atomic E-state index is 6.24. The molecule has 5 heteroatoms. The quantitative estimate of drug-likeness (QED) is 0.903. The van der Waals surface area contributed by atoms with Gasteiger partial charge in [-0.25, -0.2) is 0 Å². The summed E-state index contributed by atoms with van der Waals surface area (Å²) in [4.78, 5) is 2.34. The topological polar surface area (TPSA) is 47.7 Å². The Morgan fingerprint density at radius 2 is 2.11 bits per heavy atom. The van der Waals surface area contributed by atoms with Gasteiger partial charge < -0.3 is 15.2 Å². The smallest absolute Gasteiger partial charge is 0.231 e. The molecule has 1 aliphatic rings. The minimum Gasteiger partial charge on any atom is -0.454 e. The van der Waals surface area contributed by atoms with E-state index in [1.165, 1.54) is 0 Å². The summed E-state index contributed by atoms with van der Waals surface area (Å²) in [6.07, 6.45) is 0. The van der Waals surface area contributed by atoms with Crippen LogP contribution in [-0.4, -0.2) is 30.8 Å². The second kappa shape index (κ2) is 5.99. The van der Waals surface area contributed by atoms with E-state index in [9.17, 15) is 0 Å². The predicted octanol–water partition coefficient (Wildman–Crippen LogP) is 2.80. The highest BCUT2D eigenvalue weighted by Crippen LogP contribution is 2.41. The van der Waals surface area contributed by atoms with E-state index in [1.54, 1.807) is 0 Å². The van der Waals surface area contributed by atoms with Gasteiger partial charge in [-0.3, -0.25) is 4.90 Å². The fourth-order valence-electron chi connectivity index (χ4n) is 2.59. The Morgan fingerprint density at radius 1 is 1.37 bits per heavy atom. The maximum Gasteiger partial charge on any atom is 0.231 e. The molecule has 1 atom stereocenters. The highest BCUT2D eigenvalue weighted by molar-refractivity contribution is 6.32. The molecule has 0 aliphatic carbocycles. The van der Waals surface area contributed by atoms with Crippen molar-refractivity contribution in [3.63, 3.8) is 0 Å². The molecule has 1 aromatic rings. The number of nitrogens with two attached hydrogens (primary N) is 1. The molecule has 1 aliphatic heterocycles. The summed E-state index contributed by atoms with van der Waals surface area (Å²) >= 11 is 6.24. The molecule has 2 N–H and O–H groups in total. The fraction of sp³-hybridized carbons (Fsp3) is 0.571. The molecule has 1 heterocycles. The molecule has 0 bridgehead atoms. The lowest BCUT2D eigenvalue weighted by Gasteiger charge is -2.33. The van der Waals surface area contributed by atoms with Crippen LogP contribution < -0.4 is 15.2 Å². The number of fused-ring (bicyclic) bond motifs is 1. The lowest BCUT2D eigenvalue weighted by molar-refractivity contribution is 0.165. The van der Waals surface area contributed by atoms with Crippen molar-refractivity contribution in [3.8, 4) is 11.5 Å². The molecule has 1 aromatic carbocycles. The highest BCUT2D eigenvalue weighted by Gasteiger charge is 2.25. The average Bonchev–Trinajstić information content (AvgIpc) is 2.83. The van der Waals surface area contributed by atoms with Crippen LogP contribution >= 0.6 is 11.6 Å². The number of likely N-dealkylation sites (N-methyl/N-ethyl adjacent to an activating group) is 1. The molecule has 0 saturated carbocycles. The van der Waals surface area contributed by atoms with E-state index in [-0.39, 0.29) is 12.8 Å². The van der Waals surface area contributed by atoms with Gasteiger partial charge in [0.1, 0.15) is 0 Å². The summed E-state index contributed by atoms with van der Waals surface area (Å²) in [6, 6.07) is 4.47. The molecule has 0 fully saturated rings. The molecule has 2 rings (SSSR count). The van der Waals surface area contributed by atoms with Gasteiger partial charge in [0.2, 0.25) is 6.79 Å². The van der Waals surface area contributed by atoms with E-state index in [4.69, 9.17) is 26.8 Å². The molecular formula is C14H21ClN2O2. The van der Waals surface area contributed by atoms with Crippen molar-refractivity contribution in [2.24, 2.45) is 5.73 Å². The van der Waals surface area contributed by atoms with E-state index in [2.05, 4.69) is 25.7 Å². The monoisotopic (exact) mass is 284 g/mol. The second-order valence-corrected chi connectivity index (χ2v) is 5.32. The van der Waals surface area contributed by atoms with E-state index in [0.717, 1.165) is 12.1 Å². The van der Waals surface area contributed by atoms with Gasteiger partial charge in [-0.1, -0.05) is 18.5 Å². The molecule has 4 nitrogen and oxygen atoms in total. The van der Waals surface area contributed by atoms with Crippen LogP contribution in [0.25, 0.3) is 0 Å². The van der Waals surface area contributed by atoms with Crippen molar-refractivity contribution in [1.82, 2.24) is 4.90 Å². The lowest BCUT2D eigenvalue weighted by Crippen LogP contribution is -2.38. The molecule has 0 spiro atoms. The van der Waals surface area contributed by atoms with Crippen molar-refractivity contribution < 1.29 is 9.47 Å². The first-order valence-corrected chi connectivity index (χ1v) is 7.01. The maximum atomic E-state index is 6.24. The fourth-order valence-corrected chi connectivity index (χ4v) is 2.86. The largest absolute Gasteiger partial charge is 0.454 e. The molecule has 0 aromatic heterocycles. The van der Waals surface area contributed by atoms with E-state index >= 15 is 0 Å². The van der Waals surface area contributed by atoms with Gasteiger partial charge in [0.05, 0.1) is 5.02 Å². The molecule has 0 radical (unpaired) electrons. The zero-order valence-electron chi connectivity index (χ0n) is 11.6. The number of hydrogen-bond acceptors (Lipinski definition) is 4. The summed E-state index contributed by atoms with van der Waals surface area (Å²) in [5, 5.41) is 0.586. The van der Waals surface area contributed by atoms with Crippen molar-refractivity contribution in [1.29, 1.82) is 0 Å². The van der Waals surface area contributed by atoms with Crippen LogP contribution in [0.2, 0.25) is 5.02 Å². The van der Waals surface area contributed by atoms with Crippen LogP contribution in [0, 0.1) is 0 Å². The van der Waals surface area contributed by atoms with Gasteiger partial charge >= 0.3 is 0 Å².